The molecule has 2 aliphatic carbocycles. The summed E-state index contributed by atoms with van der Waals surface area (Å²) in [6.07, 6.45) is 12.4. The number of rotatable bonds is 6. The molecule has 6 atom stereocenters. The molecule has 28 heavy (non-hydrogen) atoms. The first kappa shape index (κ1) is 26.0. The Bertz CT molecular complexity index is 384. The number of aliphatic hydroxyl groups is 2. The molecule has 0 aromatic carbocycles. The average Bonchev–Trinajstić information content (AvgIpc) is 2.52. The van der Waals surface area contributed by atoms with E-state index in [1.54, 1.807) is 0 Å². The largest absolute Gasteiger partial charge is 0.393 e. The van der Waals surface area contributed by atoms with Crippen molar-refractivity contribution in [2.45, 2.75) is 132 Å². The molecular formula is C26H52O2. The highest BCUT2D eigenvalue weighted by atomic mass is 16.3. The predicted molar refractivity (Wildman–Crippen MR) is 122 cm³/mol. The van der Waals surface area contributed by atoms with Crippen molar-refractivity contribution in [1.29, 1.82) is 0 Å². The van der Waals surface area contributed by atoms with Crippen molar-refractivity contribution in [3.8, 4) is 0 Å². The molecule has 0 aromatic rings. The molecular weight excluding hydrogens is 344 g/mol. The monoisotopic (exact) mass is 396 g/mol. The van der Waals surface area contributed by atoms with Gasteiger partial charge in [0.25, 0.3) is 0 Å². The molecule has 2 saturated carbocycles. The summed E-state index contributed by atoms with van der Waals surface area (Å²) in [5.74, 6) is 3.31. The van der Waals surface area contributed by atoms with Gasteiger partial charge in [0.05, 0.1) is 12.2 Å². The van der Waals surface area contributed by atoms with E-state index in [0.29, 0.717) is 10.8 Å². The molecule has 2 fully saturated rings. The molecule has 0 aromatic heterocycles. The van der Waals surface area contributed by atoms with Crippen LogP contribution in [0.15, 0.2) is 0 Å². The highest BCUT2D eigenvalue weighted by Crippen LogP contribution is 2.47. The summed E-state index contributed by atoms with van der Waals surface area (Å²) in [4.78, 5) is 0. The maximum Gasteiger partial charge on any atom is 0.0512 e. The SMILES string of the molecule is CC(O)CCC1C(C)CCCC1(C)C.CC(O)CC[C@H]1C(C)CCCC1(C)C. The quantitative estimate of drug-likeness (QED) is 0.497. The van der Waals surface area contributed by atoms with E-state index >= 15 is 0 Å². The fourth-order valence-corrected chi connectivity index (χ4v) is 6.26. The number of hydrogen-bond donors (Lipinski definition) is 2. The molecule has 0 spiro atoms. The fourth-order valence-electron chi connectivity index (χ4n) is 6.26. The summed E-state index contributed by atoms with van der Waals surface area (Å²) in [6, 6.07) is 0. The van der Waals surface area contributed by atoms with Gasteiger partial charge in [0, 0.05) is 0 Å². The fraction of sp³-hybridized carbons (Fsp3) is 1.00. The lowest BCUT2D eigenvalue weighted by Crippen LogP contribution is -2.34. The highest BCUT2D eigenvalue weighted by Gasteiger charge is 2.37. The first-order valence-electron chi connectivity index (χ1n) is 12.2. The molecule has 0 amide bonds. The van der Waals surface area contributed by atoms with Gasteiger partial charge in [0.2, 0.25) is 0 Å². The zero-order valence-electron chi connectivity index (χ0n) is 20.4. The highest BCUT2D eigenvalue weighted by molar-refractivity contribution is 4.87. The summed E-state index contributed by atoms with van der Waals surface area (Å²) in [5.41, 5.74) is 0.985. The van der Waals surface area contributed by atoms with Crippen LogP contribution >= 0.6 is 0 Å². The Hall–Kier alpha value is -0.0800. The molecule has 168 valence electrons. The van der Waals surface area contributed by atoms with E-state index < -0.39 is 0 Å². The van der Waals surface area contributed by atoms with Gasteiger partial charge in [-0.05, 0) is 86.9 Å². The van der Waals surface area contributed by atoms with Crippen molar-refractivity contribution >= 4 is 0 Å². The van der Waals surface area contributed by atoms with E-state index in [1.807, 2.05) is 13.8 Å². The van der Waals surface area contributed by atoms with E-state index in [0.717, 1.165) is 36.5 Å². The second kappa shape index (κ2) is 11.3. The van der Waals surface area contributed by atoms with Crippen molar-refractivity contribution in [3.63, 3.8) is 0 Å². The van der Waals surface area contributed by atoms with Gasteiger partial charge in [-0.3, -0.25) is 0 Å². The second-order valence-corrected chi connectivity index (χ2v) is 11.8. The Morgan fingerprint density at radius 3 is 1.29 bits per heavy atom. The lowest BCUT2D eigenvalue weighted by atomic mass is 9.62. The van der Waals surface area contributed by atoms with Crippen molar-refractivity contribution in [2.24, 2.45) is 34.5 Å². The summed E-state index contributed by atoms with van der Waals surface area (Å²) in [5, 5.41) is 18.7. The molecule has 0 heterocycles. The van der Waals surface area contributed by atoms with Crippen LogP contribution in [0.4, 0.5) is 0 Å². The number of hydrogen-bond acceptors (Lipinski definition) is 2. The van der Waals surface area contributed by atoms with Crippen LogP contribution < -0.4 is 0 Å². The van der Waals surface area contributed by atoms with Crippen LogP contribution in [-0.4, -0.2) is 22.4 Å². The Morgan fingerprint density at radius 2 is 1.04 bits per heavy atom. The third-order valence-corrected chi connectivity index (χ3v) is 8.13. The molecule has 2 rings (SSSR count). The van der Waals surface area contributed by atoms with Crippen LogP contribution in [0.2, 0.25) is 0 Å². The minimum Gasteiger partial charge on any atom is -0.393 e. The Kier molecular flexibility index (Phi) is 10.5. The van der Waals surface area contributed by atoms with E-state index in [2.05, 4.69) is 41.5 Å². The third-order valence-electron chi connectivity index (χ3n) is 8.13. The summed E-state index contributed by atoms with van der Waals surface area (Å²) >= 11 is 0. The molecule has 0 aliphatic heterocycles. The standard InChI is InChI=1S/2C13H26O/c2*1-10-6-5-9-13(3,4)12(10)8-7-11(2)14/h2*10-12,14H,5-9H2,1-4H3/t10?,11?,12-;/m0./s1. The van der Waals surface area contributed by atoms with Crippen LogP contribution in [0.1, 0.15) is 120 Å². The topological polar surface area (TPSA) is 40.5 Å². The van der Waals surface area contributed by atoms with E-state index in [-0.39, 0.29) is 12.2 Å². The first-order valence-corrected chi connectivity index (χ1v) is 12.2. The van der Waals surface area contributed by atoms with Crippen molar-refractivity contribution < 1.29 is 10.2 Å². The minimum absolute atomic E-state index is 0.125. The van der Waals surface area contributed by atoms with Crippen molar-refractivity contribution in [3.05, 3.63) is 0 Å². The van der Waals surface area contributed by atoms with Crippen LogP contribution in [0, 0.1) is 34.5 Å². The molecule has 2 nitrogen and oxygen atoms in total. The van der Waals surface area contributed by atoms with Gasteiger partial charge in [-0.1, -0.05) is 67.2 Å². The second-order valence-electron chi connectivity index (χ2n) is 11.8. The Labute approximate surface area is 176 Å². The molecule has 2 heteroatoms. The zero-order valence-corrected chi connectivity index (χ0v) is 20.4. The Balaban J connectivity index is 0.000000280. The van der Waals surface area contributed by atoms with Gasteiger partial charge in [-0.25, -0.2) is 0 Å². The third kappa shape index (κ3) is 8.34. The van der Waals surface area contributed by atoms with E-state index in [1.165, 1.54) is 51.4 Å². The summed E-state index contributed by atoms with van der Waals surface area (Å²) in [6.45, 7) is 18.2. The van der Waals surface area contributed by atoms with Crippen molar-refractivity contribution in [2.75, 3.05) is 0 Å². The Morgan fingerprint density at radius 1 is 0.714 bits per heavy atom. The first-order chi connectivity index (χ1) is 12.9. The maximum atomic E-state index is 9.34. The summed E-state index contributed by atoms with van der Waals surface area (Å²) in [7, 11) is 0. The molecule has 0 saturated heterocycles. The van der Waals surface area contributed by atoms with Gasteiger partial charge in [-0.15, -0.1) is 0 Å². The van der Waals surface area contributed by atoms with Gasteiger partial charge in [0.15, 0.2) is 0 Å². The molecule has 5 unspecified atom stereocenters. The van der Waals surface area contributed by atoms with Gasteiger partial charge in [-0.2, -0.15) is 0 Å². The van der Waals surface area contributed by atoms with Crippen molar-refractivity contribution in [1.82, 2.24) is 0 Å². The van der Waals surface area contributed by atoms with Crippen LogP contribution in [-0.2, 0) is 0 Å². The van der Waals surface area contributed by atoms with Gasteiger partial charge in [0.1, 0.15) is 0 Å². The molecule has 0 bridgehead atoms. The van der Waals surface area contributed by atoms with Gasteiger partial charge < -0.3 is 10.2 Å². The minimum atomic E-state index is -0.125. The van der Waals surface area contributed by atoms with E-state index in [4.69, 9.17) is 0 Å². The number of aliphatic hydroxyl groups excluding tert-OH is 2. The predicted octanol–water partition coefficient (Wildman–Crippen LogP) is 7.22. The molecule has 2 N–H and O–H groups in total. The lowest BCUT2D eigenvalue weighted by molar-refractivity contribution is 0.0604. The van der Waals surface area contributed by atoms with E-state index in [9.17, 15) is 10.2 Å². The van der Waals surface area contributed by atoms with Crippen LogP contribution in [0.3, 0.4) is 0 Å². The van der Waals surface area contributed by atoms with Gasteiger partial charge >= 0.3 is 0 Å². The lowest BCUT2D eigenvalue weighted by Gasteiger charge is -2.43. The molecule has 2 aliphatic rings. The molecule has 0 radical (unpaired) electrons. The normalized spacial score (nSPS) is 34.1. The van der Waals surface area contributed by atoms with Crippen LogP contribution in [0.5, 0.6) is 0 Å². The van der Waals surface area contributed by atoms with Crippen LogP contribution in [0.25, 0.3) is 0 Å². The maximum absolute atomic E-state index is 9.34. The summed E-state index contributed by atoms with van der Waals surface area (Å²) < 4.78 is 0. The zero-order chi connectivity index (χ0) is 21.5. The average molecular weight is 397 g/mol. The smallest absolute Gasteiger partial charge is 0.0512 e.